The maximum atomic E-state index is 13.6. The van der Waals surface area contributed by atoms with E-state index in [1.54, 1.807) is 0 Å². The van der Waals surface area contributed by atoms with Gasteiger partial charge in [-0.2, -0.15) is 0 Å². The minimum Gasteiger partial charge on any atom is -0.351 e. The predicted octanol–water partition coefficient (Wildman–Crippen LogP) is 2.58. The van der Waals surface area contributed by atoms with E-state index in [-0.39, 0.29) is 23.4 Å². The molecule has 0 saturated heterocycles. The average Bonchev–Trinajstić information content (AvgIpc) is 2.50. The monoisotopic (exact) mass is 269 g/mol. The van der Waals surface area contributed by atoms with Crippen LogP contribution in [0.3, 0.4) is 0 Å². The van der Waals surface area contributed by atoms with E-state index in [1.165, 1.54) is 5.57 Å². The maximum Gasteiger partial charge on any atom is 0.251 e. The second-order valence-corrected chi connectivity index (χ2v) is 6.79. The lowest BCUT2D eigenvalue weighted by molar-refractivity contribution is -0.357. The van der Waals surface area contributed by atoms with Gasteiger partial charge < -0.3 is 5.32 Å². The largest absolute Gasteiger partial charge is 0.351 e. The highest BCUT2D eigenvalue weighted by Gasteiger charge is 2.90. The number of hydrogen-bond donors (Lipinski definition) is 1. The summed E-state index contributed by atoms with van der Waals surface area (Å²) < 4.78 is 13.6. The summed E-state index contributed by atoms with van der Waals surface area (Å²) >= 11 is 0. The van der Waals surface area contributed by atoms with Crippen molar-refractivity contribution in [2.75, 3.05) is 13.2 Å². The molecule has 4 aliphatic rings. The fourth-order valence-electron chi connectivity index (χ4n) is 5.66. The minimum atomic E-state index is -0.211. The molecule has 1 N–H and O–H groups in total. The minimum absolute atomic E-state index is 0.0315. The molecule has 0 aromatic heterocycles. The van der Waals surface area contributed by atoms with Crippen LogP contribution >= 0.6 is 0 Å². The Kier molecular flexibility index (Phi) is 1.75. The number of benzene rings is 1. The Labute approximate surface area is 117 Å². The lowest BCUT2D eigenvalue weighted by Gasteiger charge is -2.91. The van der Waals surface area contributed by atoms with Gasteiger partial charge in [0.2, 0.25) is 0 Å². The summed E-state index contributed by atoms with van der Waals surface area (Å²) in [6, 6.07) is 9.24. The third-order valence-corrected chi connectivity index (χ3v) is 6.59. The predicted molar refractivity (Wildman–Crippen MR) is 72.8 cm³/mol. The van der Waals surface area contributed by atoms with E-state index in [1.807, 2.05) is 30.3 Å². The van der Waals surface area contributed by atoms with Crippen molar-refractivity contribution < 1.29 is 9.18 Å². The molecule has 3 saturated carbocycles. The van der Waals surface area contributed by atoms with E-state index in [9.17, 15) is 9.18 Å². The van der Waals surface area contributed by atoms with Crippen LogP contribution in [0.2, 0.25) is 0 Å². The summed E-state index contributed by atoms with van der Waals surface area (Å²) in [7, 11) is 0. The molecule has 0 aliphatic heterocycles. The number of carbonyl (C=O) groups excluding carboxylic acids is 1. The smallest absolute Gasteiger partial charge is 0.251 e. The standard InChI is InChI=1S/C17H16FNO/c18-8-17-13-7-16(17,12-6-11(13)14(12)17)9-19-15(20)10-4-2-1-3-5-10/h1-6,11,13-14H,7-9H2,(H,19,20). The second-order valence-electron chi connectivity index (χ2n) is 6.79. The first-order chi connectivity index (χ1) is 9.74. The Morgan fingerprint density at radius 3 is 2.80 bits per heavy atom. The Morgan fingerprint density at radius 1 is 1.35 bits per heavy atom. The van der Waals surface area contributed by atoms with E-state index in [0.29, 0.717) is 29.9 Å². The highest BCUT2D eigenvalue weighted by Crippen LogP contribution is 2.93. The number of nitrogens with one attached hydrogen (secondary N) is 1. The van der Waals surface area contributed by atoms with Crippen LogP contribution in [0.15, 0.2) is 42.0 Å². The Hall–Kier alpha value is -1.64. The van der Waals surface area contributed by atoms with Gasteiger partial charge in [0.1, 0.15) is 0 Å². The van der Waals surface area contributed by atoms with Gasteiger partial charge in [-0.05, 0) is 36.3 Å². The zero-order valence-electron chi connectivity index (χ0n) is 11.1. The van der Waals surface area contributed by atoms with Gasteiger partial charge in [0, 0.05) is 22.9 Å². The number of amides is 1. The Bertz CT molecular complexity index is 654. The molecule has 1 aromatic rings. The van der Waals surface area contributed by atoms with E-state index in [2.05, 4.69) is 11.4 Å². The molecule has 3 fully saturated rings. The summed E-state index contributed by atoms with van der Waals surface area (Å²) in [6.07, 6.45) is 3.42. The second kappa shape index (κ2) is 3.16. The average molecular weight is 269 g/mol. The first kappa shape index (κ1) is 11.1. The lowest BCUT2D eigenvalue weighted by atomic mass is 9.12. The summed E-state index contributed by atoms with van der Waals surface area (Å²) in [6.45, 7) is 0.396. The molecule has 2 nitrogen and oxygen atoms in total. The van der Waals surface area contributed by atoms with Crippen molar-refractivity contribution in [2.45, 2.75) is 6.42 Å². The van der Waals surface area contributed by atoms with Crippen LogP contribution in [0.4, 0.5) is 4.39 Å². The Morgan fingerprint density at radius 2 is 2.15 bits per heavy atom. The Balaban J connectivity index is 1.35. The summed E-state index contributed by atoms with van der Waals surface area (Å²) in [5.41, 5.74) is 2.00. The maximum absolute atomic E-state index is 13.6. The van der Waals surface area contributed by atoms with Crippen LogP contribution in [0, 0.1) is 28.6 Å². The molecule has 3 heteroatoms. The molecule has 0 heterocycles. The van der Waals surface area contributed by atoms with Gasteiger partial charge >= 0.3 is 0 Å². The van der Waals surface area contributed by atoms with Crippen molar-refractivity contribution in [3.05, 3.63) is 47.5 Å². The number of allylic oxidation sites excluding steroid dienone is 1. The van der Waals surface area contributed by atoms with Gasteiger partial charge in [-0.3, -0.25) is 9.18 Å². The molecule has 0 radical (unpaired) electrons. The zero-order valence-corrected chi connectivity index (χ0v) is 11.1. The number of halogens is 1. The molecule has 0 spiro atoms. The van der Waals surface area contributed by atoms with Crippen molar-refractivity contribution in [3.63, 3.8) is 0 Å². The van der Waals surface area contributed by atoms with Crippen LogP contribution in [0.1, 0.15) is 16.8 Å². The molecule has 102 valence electrons. The SMILES string of the molecule is O=C(NCC12CC3C4C=C1C4C32CF)c1ccccc1. The fourth-order valence-corrected chi connectivity index (χ4v) is 5.66. The third kappa shape index (κ3) is 0.851. The van der Waals surface area contributed by atoms with Gasteiger partial charge in [-0.1, -0.05) is 29.8 Å². The molecule has 20 heavy (non-hydrogen) atoms. The van der Waals surface area contributed by atoms with E-state index < -0.39 is 0 Å². The van der Waals surface area contributed by atoms with Crippen LogP contribution in [-0.2, 0) is 0 Å². The van der Waals surface area contributed by atoms with Gasteiger partial charge in [0.05, 0.1) is 6.67 Å². The molecule has 1 amide bonds. The molecule has 5 rings (SSSR count). The molecule has 1 aromatic carbocycles. The van der Waals surface area contributed by atoms with Crippen molar-refractivity contribution in [2.24, 2.45) is 28.6 Å². The van der Waals surface area contributed by atoms with E-state index in [4.69, 9.17) is 0 Å². The van der Waals surface area contributed by atoms with Gasteiger partial charge in [0.15, 0.2) is 0 Å². The zero-order chi connectivity index (χ0) is 13.5. The van der Waals surface area contributed by atoms with Crippen molar-refractivity contribution in [3.8, 4) is 0 Å². The van der Waals surface area contributed by atoms with Crippen molar-refractivity contribution >= 4 is 5.91 Å². The highest BCUT2D eigenvalue weighted by atomic mass is 19.1. The number of fused-ring (bicyclic) bond motifs is 2. The molecular formula is C17H16FNO. The summed E-state index contributed by atoms with van der Waals surface area (Å²) in [5.74, 6) is 1.72. The quantitative estimate of drug-likeness (QED) is 0.836. The number of alkyl halides is 1. The molecule has 5 unspecified atom stereocenters. The number of hydrogen-bond acceptors (Lipinski definition) is 1. The number of carbonyl (C=O) groups is 1. The first-order valence-electron chi connectivity index (χ1n) is 7.36. The van der Waals surface area contributed by atoms with Crippen LogP contribution in [0.5, 0.6) is 0 Å². The fraction of sp³-hybridized carbons (Fsp3) is 0.471. The van der Waals surface area contributed by atoms with Crippen molar-refractivity contribution in [1.82, 2.24) is 5.32 Å². The van der Waals surface area contributed by atoms with Crippen LogP contribution in [-0.4, -0.2) is 19.1 Å². The lowest BCUT2D eigenvalue weighted by Crippen LogP contribution is -2.89. The summed E-state index contributed by atoms with van der Waals surface area (Å²) in [5, 5.41) is 3.03. The van der Waals surface area contributed by atoms with Crippen LogP contribution in [0.25, 0.3) is 0 Å². The first-order valence-corrected chi connectivity index (χ1v) is 7.36. The molecule has 4 aliphatic carbocycles. The van der Waals surface area contributed by atoms with Crippen molar-refractivity contribution in [1.29, 1.82) is 0 Å². The molecular weight excluding hydrogens is 253 g/mol. The normalized spacial score (nSPS) is 44.9. The summed E-state index contributed by atoms with van der Waals surface area (Å²) in [4.78, 5) is 12.1. The van der Waals surface area contributed by atoms with Gasteiger partial charge in [-0.15, -0.1) is 0 Å². The topological polar surface area (TPSA) is 29.1 Å². The van der Waals surface area contributed by atoms with E-state index in [0.717, 1.165) is 6.42 Å². The van der Waals surface area contributed by atoms with E-state index >= 15 is 0 Å². The van der Waals surface area contributed by atoms with Gasteiger partial charge in [-0.25, -0.2) is 0 Å². The molecule has 0 bridgehead atoms. The third-order valence-electron chi connectivity index (χ3n) is 6.59. The number of rotatable bonds is 4. The highest BCUT2D eigenvalue weighted by molar-refractivity contribution is 5.94. The molecule has 5 atom stereocenters. The van der Waals surface area contributed by atoms with Gasteiger partial charge in [0.25, 0.3) is 5.91 Å². The van der Waals surface area contributed by atoms with Crippen LogP contribution < -0.4 is 5.32 Å².